The van der Waals surface area contributed by atoms with Gasteiger partial charge < -0.3 is 10.4 Å². The first-order chi connectivity index (χ1) is 9.06. The number of hydrogen-bond acceptors (Lipinski definition) is 3. The van der Waals surface area contributed by atoms with Crippen LogP contribution in [-0.2, 0) is 11.3 Å². The maximum absolute atomic E-state index is 11.8. The van der Waals surface area contributed by atoms with Crippen molar-refractivity contribution in [3.8, 4) is 0 Å². The number of amides is 1. The highest BCUT2D eigenvalue weighted by molar-refractivity contribution is 9.10. The molecule has 2 N–H and O–H groups in total. The lowest BCUT2D eigenvalue weighted by Gasteiger charge is -2.09. The number of anilines is 1. The van der Waals surface area contributed by atoms with Crippen LogP contribution in [0.5, 0.6) is 0 Å². The van der Waals surface area contributed by atoms with Gasteiger partial charge in [0.2, 0.25) is 5.91 Å². The molecular weight excluding hydrogens is 314 g/mol. The molecule has 0 bridgehead atoms. The van der Waals surface area contributed by atoms with Gasteiger partial charge in [0, 0.05) is 16.9 Å². The molecule has 0 saturated heterocycles. The van der Waals surface area contributed by atoms with Crippen molar-refractivity contribution in [1.29, 1.82) is 0 Å². The molecule has 0 aliphatic heterocycles. The highest BCUT2D eigenvalue weighted by Gasteiger charge is 2.13. The van der Waals surface area contributed by atoms with Gasteiger partial charge in [0.05, 0.1) is 11.3 Å². The van der Waals surface area contributed by atoms with E-state index in [9.17, 15) is 9.59 Å². The van der Waals surface area contributed by atoms with E-state index in [0.29, 0.717) is 4.47 Å². The van der Waals surface area contributed by atoms with Crippen LogP contribution in [0, 0.1) is 0 Å². The number of benzene rings is 1. The summed E-state index contributed by atoms with van der Waals surface area (Å²) >= 11 is 3.19. The molecular formula is C12H10BrN3O3. The van der Waals surface area contributed by atoms with Crippen molar-refractivity contribution >= 4 is 33.5 Å². The van der Waals surface area contributed by atoms with E-state index in [1.54, 1.807) is 24.5 Å². The van der Waals surface area contributed by atoms with Crippen molar-refractivity contribution in [3.05, 3.63) is 46.7 Å². The summed E-state index contributed by atoms with van der Waals surface area (Å²) in [5.74, 6) is -1.44. The minimum absolute atomic E-state index is 0.0299. The van der Waals surface area contributed by atoms with Crippen molar-refractivity contribution in [2.75, 3.05) is 5.32 Å². The predicted octanol–water partition coefficient (Wildman–Crippen LogP) is 1.98. The van der Waals surface area contributed by atoms with E-state index in [2.05, 4.69) is 26.3 Å². The Kier molecular flexibility index (Phi) is 3.96. The van der Waals surface area contributed by atoms with E-state index in [0.717, 1.165) is 0 Å². The van der Waals surface area contributed by atoms with E-state index in [1.807, 2.05) is 0 Å². The molecule has 1 amide bonds. The summed E-state index contributed by atoms with van der Waals surface area (Å²) in [6.45, 7) is 0.0299. The molecule has 0 radical (unpaired) electrons. The molecule has 0 unspecified atom stereocenters. The number of aromatic nitrogens is 2. The molecule has 0 fully saturated rings. The standard InChI is InChI=1S/C12H10BrN3O3/c13-8-2-3-10(9(6-8)12(18)19)15-11(17)7-16-5-1-4-14-16/h1-6H,7H2,(H,15,17)(H,18,19). The van der Waals surface area contributed by atoms with Gasteiger partial charge in [-0.1, -0.05) is 15.9 Å². The summed E-state index contributed by atoms with van der Waals surface area (Å²) in [6.07, 6.45) is 3.22. The Morgan fingerprint density at radius 3 is 2.84 bits per heavy atom. The molecule has 2 rings (SSSR count). The van der Waals surface area contributed by atoms with E-state index < -0.39 is 5.97 Å². The second-order valence-electron chi connectivity index (χ2n) is 3.75. The van der Waals surface area contributed by atoms with Crippen LogP contribution in [-0.4, -0.2) is 26.8 Å². The minimum atomic E-state index is -1.10. The summed E-state index contributed by atoms with van der Waals surface area (Å²) in [4.78, 5) is 22.8. The number of nitrogens with one attached hydrogen (secondary N) is 1. The number of nitrogens with zero attached hydrogens (tertiary/aromatic N) is 2. The Morgan fingerprint density at radius 1 is 1.42 bits per heavy atom. The minimum Gasteiger partial charge on any atom is -0.478 e. The number of carbonyl (C=O) groups is 2. The van der Waals surface area contributed by atoms with Gasteiger partial charge in [-0.15, -0.1) is 0 Å². The van der Waals surface area contributed by atoms with Crippen LogP contribution in [0.3, 0.4) is 0 Å². The maximum atomic E-state index is 11.8. The molecule has 6 nitrogen and oxygen atoms in total. The predicted molar refractivity (Wildman–Crippen MR) is 72.0 cm³/mol. The summed E-state index contributed by atoms with van der Waals surface area (Å²) in [7, 11) is 0. The summed E-state index contributed by atoms with van der Waals surface area (Å²) in [6, 6.07) is 6.34. The monoisotopic (exact) mass is 323 g/mol. The van der Waals surface area contributed by atoms with Gasteiger partial charge in [0.15, 0.2) is 0 Å². The van der Waals surface area contributed by atoms with Gasteiger partial charge in [-0.25, -0.2) is 4.79 Å². The number of aromatic carboxylic acids is 1. The van der Waals surface area contributed by atoms with Crippen LogP contribution < -0.4 is 5.32 Å². The summed E-state index contributed by atoms with van der Waals surface area (Å²) in [5.41, 5.74) is 0.288. The van der Waals surface area contributed by atoms with Crippen molar-refractivity contribution < 1.29 is 14.7 Å². The maximum Gasteiger partial charge on any atom is 0.337 e. The Balaban J connectivity index is 2.14. The molecule has 0 aliphatic carbocycles. The Morgan fingerprint density at radius 2 is 2.21 bits per heavy atom. The molecule has 1 aromatic carbocycles. The zero-order valence-electron chi connectivity index (χ0n) is 9.71. The third-order valence-electron chi connectivity index (χ3n) is 2.35. The molecule has 0 spiro atoms. The van der Waals surface area contributed by atoms with E-state index >= 15 is 0 Å². The summed E-state index contributed by atoms with van der Waals surface area (Å²) < 4.78 is 2.09. The molecule has 98 valence electrons. The van der Waals surface area contributed by atoms with Gasteiger partial charge in [-0.3, -0.25) is 9.48 Å². The van der Waals surface area contributed by atoms with Crippen molar-refractivity contribution in [1.82, 2.24) is 9.78 Å². The van der Waals surface area contributed by atoms with Crippen molar-refractivity contribution in [3.63, 3.8) is 0 Å². The van der Waals surface area contributed by atoms with E-state index in [4.69, 9.17) is 5.11 Å². The molecule has 2 aromatic rings. The topological polar surface area (TPSA) is 84.2 Å². The van der Waals surface area contributed by atoms with Crippen LogP contribution in [0.1, 0.15) is 10.4 Å². The second-order valence-corrected chi connectivity index (χ2v) is 4.66. The summed E-state index contributed by atoms with van der Waals surface area (Å²) in [5, 5.41) is 15.5. The SMILES string of the molecule is O=C(Cn1cccn1)Nc1ccc(Br)cc1C(=O)O. The van der Waals surface area contributed by atoms with Gasteiger partial charge in [-0.2, -0.15) is 5.10 Å². The normalized spacial score (nSPS) is 10.2. The number of carboxylic acids is 1. The van der Waals surface area contributed by atoms with E-state index in [-0.39, 0.29) is 23.7 Å². The van der Waals surface area contributed by atoms with Gasteiger partial charge in [0.1, 0.15) is 6.54 Å². The first-order valence-corrected chi connectivity index (χ1v) is 6.15. The molecule has 0 saturated carbocycles. The Bertz CT molecular complexity index is 611. The van der Waals surface area contributed by atoms with Gasteiger partial charge >= 0.3 is 5.97 Å². The first-order valence-electron chi connectivity index (χ1n) is 5.36. The average molecular weight is 324 g/mol. The Labute approximate surface area is 117 Å². The van der Waals surface area contributed by atoms with Gasteiger partial charge in [0.25, 0.3) is 0 Å². The van der Waals surface area contributed by atoms with Crippen LogP contribution in [0.15, 0.2) is 41.1 Å². The lowest BCUT2D eigenvalue weighted by molar-refractivity contribution is -0.116. The van der Waals surface area contributed by atoms with E-state index in [1.165, 1.54) is 16.8 Å². The average Bonchev–Trinajstić information content (AvgIpc) is 2.83. The third kappa shape index (κ3) is 3.41. The second kappa shape index (κ2) is 5.66. The molecule has 0 aliphatic rings. The number of hydrogen-bond donors (Lipinski definition) is 2. The smallest absolute Gasteiger partial charge is 0.337 e. The zero-order chi connectivity index (χ0) is 13.8. The fraction of sp³-hybridized carbons (Fsp3) is 0.0833. The number of carboxylic acid groups (broad SMARTS) is 1. The third-order valence-corrected chi connectivity index (χ3v) is 2.84. The van der Waals surface area contributed by atoms with Crippen LogP contribution in [0.2, 0.25) is 0 Å². The van der Waals surface area contributed by atoms with Crippen LogP contribution in [0.25, 0.3) is 0 Å². The number of carbonyl (C=O) groups excluding carboxylic acids is 1. The quantitative estimate of drug-likeness (QED) is 0.901. The lowest BCUT2D eigenvalue weighted by atomic mass is 10.2. The van der Waals surface area contributed by atoms with Gasteiger partial charge in [-0.05, 0) is 24.3 Å². The molecule has 1 heterocycles. The fourth-order valence-electron chi connectivity index (χ4n) is 1.53. The highest BCUT2D eigenvalue weighted by atomic mass is 79.9. The lowest BCUT2D eigenvalue weighted by Crippen LogP contribution is -2.20. The molecule has 19 heavy (non-hydrogen) atoms. The number of rotatable bonds is 4. The molecule has 0 atom stereocenters. The van der Waals surface area contributed by atoms with Crippen molar-refractivity contribution in [2.45, 2.75) is 6.54 Å². The highest BCUT2D eigenvalue weighted by Crippen LogP contribution is 2.21. The largest absolute Gasteiger partial charge is 0.478 e. The molecule has 1 aromatic heterocycles. The van der Waals surface area contributed by atoms with Crippen LogP contribution >= 0.6 is 15.9 Å². The Hall–Kier alpha value is -2.15. The number of halogens is 1. The fourth-order valence-corrected chi connectivity index (χ4v) is 1.89. The first kappa shape index (κ1) is 13.3. The van der Waals surface area contributed by atoms with Crippen molar-refractivity contribution in [2.24, 2.45) is 0 Å². The van der Waals surface area contributed by atoms with Crippen LogP contribution in [0.4, 0.5) is 5.69 Å². The molecule has 7 heteroatoms. The zero-order valence-corrected chi connectivity index (χ0v) is 11.3.